The average Bonchev–Trinajstić information content (AvgIpc) is 2.99. The van der Waals surface area contributed by atoms with E-state index in [2.05, 4.69) is 18.7 Å². The summed E-state index contributed by atoms with van der Waals surface area (Å²) in [5.41, 5.74) is 3.90. The van der Waals surface area contributed by atoms with Gasteiger partial charge in [0.1, 0.15) is 11.4 Å². The molecule has 1 saturated heterocycles. The van der Waals surface area contributed by atoms with Crippen molar-refractivity contribution in [2.75, 3.05) is 20.2 Å². The summed E-state index contributed by atoms with van der Waals surface area (Å²) in [6.45, 7) is 8.30. The van der Waals surface area contributed by atoms with Crippen LogP contribution in [0.25, 0.3) is 5.57 Å². The van der Waals surface area contributed by atoms with E-state index in [4.69, 9.17) is 4.74 Å². The first kappa shape index (κ1) is 21.2. The van der Waals surface area contributed by atoms with Gasteiger partial charge in [-0.25, -0.2) is 0 Å². The molecule has 2 unspecified atom stereocenters. The third kappa shape index (κ3) is 4.22. The van der Waals surface area contributed by atoms with Gasteiger partial charge in [0.15, 0.2) is 0 Å². The molecule has 31 heavy (non-hydrogen) atoms. The molecule has 2 aromatic carbocycles. The van der Waals surface area contributed by atoms with E-state index in [0.29, 0.717) is 23.1 Å². The molecule has 5 nitrogen and oxygen atoms in total. The number of hydrogen-bond acceptors (Lipinski definition) is 4. The molecular formula is C26H30N2O3. The monoisotopic (exact) mass is 418 g/mol. The molecule has 0 N–H and O–H groups in total. The van der Waals surface area contributed by atoms with E-state index in [-0.39, 0.29) is 18.4 Å². The fourth-order valence-corrected chi connectivity index (χ4v) is 4.74. The van der Waals surface area contributed by atoms with Crippen LogP contribution in [-0.4, -0.2) is 41.8 Å². The summed E-state index contributed by atoms with van der Waals surface area (Å²) in [4.78, 5) is 30.7. The van der Waals surface area contributed by atoms with Crippen molar-refractivity contribution in [3.05, 3.63) is 70.9 Å². The van der Waals surface area contributed by atoms with Gasteiger partial charge in [0, 0.05) is 13.1 Å². The van der Waals surface area contributed by atoms with E-state index in [1.807, 2.05) is 55.5 Å². The molecule has 2 aliphatic heterocycles. The Hall–Kier alpha value is -3.08. The predicted molar refractivity (Wildman–Crippen MR) is 121 cm³/mol. The van der Waals surface area contributed by atoms with Crippen molar-refractivity contribution < 1.29 is 14.3 Å². The number of benzene rings is 2. The molecule has 2 aromatic rings. The van der Waals surface area contributed by atoms with Crippen LogP contribution in [0.2, 0.25) is 0 Å². The summed E-state index contributed by atoms with van der Waals surface area (Å²) in [6, 6.07) is 15.4. The Morgan fingerprint density at radius 2 is 1.52 bits per heavy atom. The number of rotatable bonds is 5. The summed E-state index contributed by atoms with van der Waals surface area (Å²) >= 11 is 0. The molecule has 0 aliphatic carbocycles. The van der Waals surface area contributed by atoms with Crippen LogP contribution in [0.3, 0.4) is 0 Å². The fourth-order valence-electron chi connectivity index (χ4n) is 4.74. The van der Waals surface area contributed by atoms with E-state index < -0.39 is 0 Å². The minimum absolute atomic E-state index is 0.197. The first-order valence-corrected chi connectivity index (χ1v) is 10.9. The summed E-state index contributed by atoms with van der Waals surface area (Å²) in [7, 11) is 1.61. The number of piperidine rings is 1. The van der Waals surface area contributed by atoms with E-state index in [1.165, 1.54) is 4.90 Å². The van der Waals surface area contributed by atoms with Gasteiger partial charge in [0.25, 0.3) is 11.8 Å². The second kappa shape index (κ2) is 8.58. The highest BCUT2D eigenvalue weighted by atomic mass is 16.5. The molecule has 162 valence electrons. The zero-order chi connectivity index (χ0) is 22.1. The Bertz CT molecular complexity index is 998. The second-order valence-corrected chi connectivity index (χ2v) is 8.99. The predicted octanol–water partition coefficient (Wildman–Crippen LogP) is 4.26. The molecule has 0 bridgehead atoms. The van der Waals surface area contributed by atoms with E-state index >= 15 is 0 Å². The maximum atomic E-state index is 13.6. The van der Waals surface area contributed by atoms with Gasteiger partial charge in [0.05, 0.1) is 19.2 Å². The number of methoxy groups -OCH3 is 1. The number of aryl methyl sites for hydroxylation is 1. The molecule has 0 spiro atoms. The van der Waals surface area contributed by atoms with Crippen molar-refractivity contribution in [3.8, 4) is 5.75 Å². The molecule has 0 aromatic heterocycles. The third-order valence-electron chi connectivity index (χ3n) is 6.17. The summed E-state index contributed by atoms with van der Waals surface area (Å²) < 4.78 is 5.27. The molecule has 0 saturated carbocycles. The SMILES string of the molecule is COc1ccc(C2=C(N3CC(C)CC(C)C3)C(=O)N(Cc3ccc(C)cc3)C2=O)cc1. The first-order chi connectivity index (χ1) is 14.9. The van der Waals surface area contributed by atoms with Crippen molar-refractivity contribution in [3.63, 3.8) is 0 Å². The number of likely N-dealkylation sites (tertiary alicyclic amines) is 1. The highest BCUT2D eigenvalue weighted by Crippen LogP contribution is 2.36. The van der Waals surface area contributed by atoms with E-state index in [9.17, 15) is 9.59 Å². The normalized spacial score (nSPS) is 21.8. The van der Waals surface area contributed by atoms with Crippen LogP contribution in [-0.2, 0) is 16.1 Å². The van der Waals surface area contributed by atoms with Crippen molar-refractivity contribution in [2.24, 2.45) is 11.8 Å². The quantitative estimate of drug-likeness (QED) is 0.681. The number of imide groups is 1. The lowest BCUT2D eigenvalue weighted by Gasteiger charge is -2.37. The van der Waals surface area contributed by atoms with Crippen LogP contribution in [0, 0.1) is 18.8 Å². The number of carbonyl (C=O) groups excluding carboxylic acids is 2. The van der Waals surface area contributed by atoms with Gasteiger partial charge < -0.3 is 9.64 Å². The summed E-state index contributed by atoms with van der Waals surface area (Å²) in [5.74, 6) is 1.25. The smallest absolute Gasteiger partial charge is 0.278 e. The van der Waals surface area contributed by atoms with Crippen molar-refractivity contribution in [2.45, 2.75) is 33.7 Å². The van der Waals surface area contributed by atoms with Gasteiger partial charge in [-0.15, -0.1) is 0 Å². The standard InChI is InChI=1S/C26H30N2O3/c1-17-5-7-20(8-6-17)16-28-25(29)23(21-9-11-22(31-4)12-10-21)24(26(28)30)27-14-18(2)13-19(3)15-27/h5-12,18-19H,13-16H2,1-4H3. The third-order valence-corrected chi connectivity index (χ3v) is 6.17. The number of carbonyl (C=O) groups is 2. The zero-order valence-electron chi connectivity index (χ0n) is 18.7. The zero-order valence-corrected chi connectivity index (χ0v) is 18.7. The fraction of sp³-hybridized carbons (Fsp3) is 0.385. The minimum atomic E-state index is -0.225. The highest BCUT2D eigenvalue weighted by molar-refractivity contribution is 6.35. The van der Waals surface area contributed by atoms with Gasteiger partial charge in [-0.3, -0.25) is 14.5 Å². The number of nitrogens with zero attached hydrogens (tertiary/aromatic N) is 2. The number of amides is 2. The number of hydrogen-bond donors (Lipinski definition) is 0. The van der Waals surface area contributed by atoms with Gasteiger partial charge >= 0.3 is 0 Å². The topological polar surface area (TPSA) is 49.9 Å². The second-order valence-electron chi connectivity index (χ2n) is 8.99. The van der Waals surface area contributed by atoms with E-state index in [0.717, 1.165) is 42.0 Å². The van der Waals surface area contributed by atoms with Crippen LogP contribution >= 0.6 is 0 Å². The van der Waals surface area contributed by atoms with Crippen LogP contribution in [0.15, 0.2) is 54.2 Å². The van der Waals surface area contributed by atoms with Crippen LogP contribution in [0.4, 0.5) is 0 Å². The molecular weight excluding hydrogens is 388 g/mol. The maximum absolute atomic E-state index is 13.6. The summed E-state index contributed by atoms with van der Waals surface area (Å²) in [6.07, 6.45) is 1.14. The minimum Gasteiger partial charge on any atom is -0.497 e. The number of ether oxygens (including phenoxy) is 1. The van der Waals surface area contributed by atoms with Crippen LogP contribution in [0.5, 0.6) is 5.75 Å². The van der Waals surface area contributed by atoms with Crippen molar-refractivity contribution in [1.29, 1.82) is 0 Å². The lowest BCUT2D eigenvalue weighted by Crippen LogP contribution is -2.41. The van der Waals surface area contributed by atoms with E-state index in [1.54, 1.807) is 7.11 Å². The lowest BCUT2D eigenvalue weighted by atomic mass is 9.91. The largest absolute Gasteiger partial charge is 0.497 e. The highest BCUT2D eigenvalue weighted by Gasteiger charge is 2.42. The Balaban J connectivity index is 1.73. The van der Waals surface area contributed by atoms with Crippen LogP contribution in [0.1, 0.15) is 37.0 Å². The molecule has 2 amide bonds. The molecule has 2 atom stereocenters. The maximum Gasteiger partial charge on any atom is 0.278 e. The van der Waals surface area contributed by atoms with Gasteiger partial charge in [-0.05, 0) is 48.4 Å². The Morgan fingerprint density at radius 1 is 0.903 bits per heavy atom. The Labute approximate surface area is 184 Å². The molecule has 4 rings (SSSR count). The van der Waals surface area contributed by atoms with Gasteiger partial charge in [0.2, 0.25) is 0 Å². The van der Waals surface area contributed by atoms with Crippen LogP contribution < -0.4 is 4.74 Å². The molecule has 0 radical (unpaired) electrons. The van der Waals surface area contributed by atoms with Crippen molar-refractivity contribution in [1.82, 2.24) is 9.80 Å². The van der Waals surface area contributed by atoms with Gasteiger partial charge in [-0.1, -0.05) is 55.8 Å². The average molecular weight is 419 g/mol. The molecule has 5 heteroatoms. The molecule has 2 aliphatic rings. The molecule has 2 heterocycles. The lowest BCUT2D eigenvalue weighted by molar-refractivity contribution is -0.138. The Morgan fingerprint density at radius 3 is 2.10 bits per heavy atom. The molecule has 1 fully saturated rings. The Kier molecular flexibility index (Phi) is 5.86. The van der Waals surface area contributed by atoms with Gasteiger partial charge in [-0.2, -0.15) is 0 Å². The summed E-state index contributed by atoms with van der Waals surface area (Å²) in [5, 5.41) is 0. The van der Waals surface area contributed by atoms with Crippen molar-refractivity contribution >= 4 is 17.4 Å². The first-order valence-electron chi connectivity index (χ1n) is 10.9.